The normalized spacial score (nSPS) is 11.7. The minimum Gasteiger partial charge on any atom is -0.394 e. The molecule has 0 saturated carbocycles. The van der Waals surface area contributed by atoms with E-state index in [1.807, 2.05) is 48.5 Å². The van der Waals surface area contributed by atoms with Crippen LogP contribution >= 0.6 is 0 Å². The summed E-state index contributed by atoms with van der Waals surface area (Å²) in [7, 11) is 1.78. The molecule has 2 aromatic carbocycles. The zero-order valence-corrected chi connectivity index (χ0v) is 12.0. The van der Waals surface area contributed by atoms with Crippen molar-refractivity contribution in [3.8, 4) is 0 Å². The van der Waals surface area contributed by atoms with E-state index in [2.05, 4.69) is 10.6 Å². The first-order chi connectivity index (χ1) is 10.2. The van der Waals surface area contributed by atoms with Crippen molar-refractivity contribution in [1.29, 1.82) is 0 Å². The largest absolute Gasteiger partial charge is 0.394 e. The Hall–Kier alpha value is -2.33. The lowest BCUT2D eigenvalue weighted by molar-refractivity contribution is 0.0917. The highest BCUT2D eigenvalue weighted by atomic mass is 16.3. The molecule has 0 unspecified atom stereocenters. The Kier molecular flexibility index (Phi) is 5.35. The van der Waals surface area contributed by atoms with Gasteiger partial charge in [-0.1, -0.05) is 42.5 Å². The standard InChI is InChI=1S/C17H20N2O2/c1-18-16-10-6-5-9-15(16)17(21)19-14(12-20)11-13-7-3-2-4-8-13/h2-10,14,18,20H,11-12H2,1H3,(H,19,21)/t14-/m1/s1. The topological polar surface area (TPSA) is 61.4 Å². The molecule has 0 spiro atoms. The van der Waals surface area contributed by atoms with Crippen LogP contribution in [0.3, 0.4) is 0 Å². The number of hydrogen-bond donors (Lipinski definition) is 3. The molecular weight excluding hydrogens is 264 g/mol. The van der Waals surface area contributed by atoms with E-state index < -0.39 is 0 Å². The van der Waals surface area contributed by atoms with Gasteiger partial charge in [0.05, 0.1) is 18.2 Å². The number of aliphatic hydroxyl groups excluding tert-OH is 1. The molecule has 1 atom stereocenters. The van der Waals surface area contributed by atoms with Gasteiger partial charge in [-0.25, -0.2) is 0 Å². The minimum atomic E-state index is -0.301. The average molecular weight is 284 g/mol. The second kappa shape index (κ2) is 7.45. The second-order valence-electron chi connectivity index (χ2n) is 4.84. The van der Waals surface area contributed by atoms with Crippen LogP contribution in [0.1, 0.15) is 15.9 Å². The third-order valence-corrected chi connectivity index (χ3v) is 3.32. The van der Waals surface area contributed by atoms with Crippen molar-refractivity contribution in [2.45, 2.75) is 12.5 Å². The van der Waals surface area contributed by atoms with E-state index >= 15 is 0 Å². The molecule has 21 heavy (non-hydrogen) atoms. The molecule has 1 amide bonds. The zero-order chi connectivity index (χ0) is 15.1. The SMILES string of the molecule is CNc1ccccc1C(=O)N[C@@H](CO)Cc1ccccc1. The van der Waals surface area contributed by atoms with Gasteiger partial charge in [0.2, 0.25) is 0 Å². The fourth-order valence-corrected chi connectivity index (χ4v) is 2.22. The molecule has 0 radical (unpaired) electrons. The Morgan fingerprint density at radius 2 is 1.76 bits per heavy atom. The highest BCUT2D eigenvalue weighted by Crippen LogP contribution is 2.14. The van der Waals surface area contributed by atoms with Gasteiger partial charge >= 0.3 is 0 Å². The molecule has 2 aromatic rings. The van der Waals surface area contributed by atoms with Crippen LogP contribution in [0, 0.1) is 0 Å². The van der Waals surface area contributed by atoms with Gasteiger partial charge in [-0.05, 0) is 24.1 Å². The summed E-state index contributed by atoms with van der Waals surface area (Å²) in [6, 6.07) is 16.8. The highest BCUT2D eigenvalue weighted by molar-refractivity contribution is 5.99. The van der Waals surface area contributed by atoms with E-state index in [1.165, 1.54) is 0 Å². The molecule has 0 aliphatic carbocycles. The zero-order valence-electron chi connectivity index (χ0n) is 12.0. The number of carbonyl (C=O) groups is 1. The fourth-order valence-electron chi connectivity index (χ4n) is 2.22. The molecule has 4 nitrogen and oxygen atoms in total. The monoisotopic (exact) mass is 284 g/mol. The number of aliphatic hydroxyl groups is 1. The van der Waals surface area contributed by atoms with E-state index in [0.717, 1.165) is 11.3 Å². The van der Waals surface area contributed by atoms with Gasteiger partial charge in [0.25, 0.3) is 5.91 Å². The van der Waals surface area contributed by atoms with Gasteiger partial charge in [0.1, 0.15) is 0 Å². The Labute approximate surface area is 124 Å². The number of anilines is 1. The first-order valence-electron chi connectivity index (χ1n) is 6.97. The quantitative estimate of drug-likeness (QED) is 0.761. The first kappa shape index (κ1) is 15.1. The third-order valence-electron chi connectivity index (χ3n) is 3.32. The summed E-state index contributed by atoms with van der Waals surface area (Å²) in [6.07, 6.45) is 0.602. The van der Waals surface area contributed by atoms with Crippen molar-refractivity contribution in [2.24, 2.45) is 0 Å². The lowest BCUT2D eigenvalue weighted by Gasteiger charge is -2.17. The molecule has 3 N–H and O–H groups in total. The maximum absolute atomic E-state index is 12.3. The number of para-hydroxylation sites is 1. The van der Waals surface area contributed by atoms with Crippen molar-refractivity contribution in [2.75, 3.05) is 19.0 Å². The molecule has 0 fully saturated rings. The Bertz CT molecular complexity index is 584. The van der Waals surface area contributed by atoms with Crippen LogP contribution in [0.25, 0.3) is 0 Å². The molecule has 110 valence electrons. The molecular formula is C17H20N2O2. The first-order valence-corrected chi connectivity index (χ1v) is 6.97. The Balaban J connectivity index is 2.06. The van der Waals surface area contributed by atoms with Crippen LogP contribution in [0.2, 0.25) is 0 Å². The molecule has 0 aromatic heterocycles. The van der Waals surface area contributed by atoms with Crippen LogP contribution < -0.4 is 10.6 Å². The number of carbonyl (C=O) groups excluding carboxylic acids is 1. The lowest BCUT2D eigenvalue weighted by Crippen LogP contribution is -2.39. The predicted octanol–water partition coefficient (Wildman–Crippen LogP) is 2.06. The van der Waals surface area contributed by atoms with E-state index in [1.54, 1.807) is 13.1 Å². The average Bonchev–Trinajstić information content (AvgIpc) is 2.55. The van der Waals surface area contributed by atoms with Crippen LogP contribution in [0.15, 0.2) is 54.6 Å². The molecule has 4 heteroatoms. The lowest BCUT2D eigenvalue weighted by atomic mass is 10.1. The Morgan fingerprint density at radius 1 is 1.10 bits per heavy atom. The summed E-state index contributed by atoms with van der Waals surface area (Å²) in [4.78, 5) is 12.3. The van der Waals surface area contributed by atoms with E-state index in [9.17, 15) is 9.90 Å². The van der Waals surface area contributed by atoms with E-state index in [-0.39, 0.29) is 18.6 Å². The number of nitrogens with one attached hydrogen (secondary N) is 2. The summed E-state index contributed by atoms with van der Waals surface area (Å²) < 4.78 is 0. The molecule has 2 rings (SSSR count). The number of benzene rings is 2. The minimum absolute atomic E-state index is 0.0949. The molecule has 0 aliphatic heterocycles. The van der Waals surface area contributed by atoms with Gasteiger partial charge in [0, 0.05) is 12.7 Å². The smallest absolute Gasteiger partial charge is 0.253 e. The van der Waals surface area contributed by atoms with Gasteiger partial charge in [-0.3, -0.25) is 4.79 Å². The molecule has 0 saturated heterocycles. The molecule has 0 bridgehead atoms. The highest BCUT2D eigenvalue weighted by Gasteiger charge is 2.15. The van der Waals surface area contributed by atoms with Gasteiger partial charge in [-0.2, -0.15) is 0 Å². The predicted molar refractivity (Wildman–Crippen MR) is 84.5 cm³/mol. The maximum atomic E-state index is 12.3. The maximum Gasteiger partial charge on any atom is 0.253 e. The summed E-state index contributed by atoms with van der Waals surface area (Å²) >= 11 is 0. The van der Waals surface area contributed by atoms with Crippen molar-refractivity contribution in [1.82, 2.24) is 5.32 Å². The summed E-state index contributed by atoms with van der Waals surface area (Å²) in [5, 5.41) is 15.4. The second-order valence-corrected chi connectivity index (χ2v) is 4.84. The molecule has 0 heterocycles. The van der Waals surface area contributed by atoms with Crippen LogP contribution in [-0.2, 0) is 6.42 Å². The summed E-state index contributed by atoms with van der Waals surface area (Å²) in [5.41, 5.74) is 2.43. The van der Waals surface area contributed by atoms with Crippen molar-refractivity contribution >= 4 is 11.6 Å². The van der Waals surface area contributed by atoms with E-state index in [0.29, 0.717) is 12.0 Å². The number of hydrogen-bond acceptors (Lipinski definition) is 3. The molecule has 0 aliphatic rings. The Morgan fingerprint density at radius 3 is 2.43 bits per heavy atom. The summed E-state index contributed by atoms with van der Waals surface area (Å²) in [6.45, 7) is -0.0949. The van der Waals surface area contributed by atoms with Crippen molar-refractivity contribution < 1.29 is 9.90 Å². The summed E-state index contributed by atoms with van der Waals surface area (Å²) in [5.74, 6) is -0.185. The van der Waals surface area contributed by atoms with Crippen molar-refractivity contribution in [3.63, 3.8) is 0 Å². The van der Waals surface area contributed by atoms with Crippen LogP contribution in [0.5, 0.6) is 0 Å². The van der Waals surface area contributed by atoms with Crippen LogP contribution in [-0.4, -0.2) is 30.7 Å². The van der Waals surface area contributed by atoms with Gasteiger partial charge in [-0.15, -0.1) is 0 Å². The van der Waals surface area contributed by atoms with E-state index in [4.69, 9.17) is 0 Å². The van der Waals surface area contributed by atoms with Gasteiger partial charge < -0.3 is 15.7 Å². The number of rotatable bonds is 6. The van der Waals surface area contributed by atoms with Crippen molar-refractivity contribution in [3.05, 3.63) is 65.7 Å². The van der Waals surface area contributed by atoms with Crippen LogP contribution in [0.4, 0.5) is 5.69 Å². The van der Waals surface area contributed by atoms with Gasteiger partial charge in [0.15, 0.2) is 0 Å². The third kappa shape index (κ3) is 4.07. The number of amides is 1. The fraction of sp³-hybridized carbons (Fsp3) is 0.235.